The first-order chi connectivity index (χ1) is 10.0. The minimum absolute atomic E-state index is 0.197. The molecule has 3 N–H and O–H groups in total. The Kier molecular flexibility index (Phi) is 4.98. The number of aromatic nitrogens is 2. The summed E-state index contributed by atoms with van der Waals surface area (Å²) in [6, 6.07) is 0. The van der Waals surface area contributed by atoms with Gasteiger partial charge in [-0.05, 0) is 39.5 Å². The summed E-state index contributed by atoms with van der Waals surface area (Å²) < 4.78 is 0. The zero-order valence-electron chi connectivity index (χ0n) is 13.1. The number of nitrogens with zero attached hydrogens (tertiary/aromatic N) is 3. The Bertz CT molecular complexity index is 509. The predicted molar refractivity (Wildman–Crippen MR) is 84.4 cm³/mol. The van der Waals surface area contributed by atoms with Gasteiger partial charge in [-0.1, -0.05) is 0 Å². The molecule has 0 spiro atoms. The van der Waals surface area contributed by atoms with E-state index in [1.807, 2.05) is 6.92 Å². The molecule has 6 heteroatoms. The van der Waals surface area contributed by atoms with E-state index in [4.69, 9.17) is 5.73 Å². The first-order valence-corrected chi connectivity index (χ1v) is 7.63. The molecule has 1 aliphatic heterocycles. The molecule has 0 bridgehead atoms. The van der Waals surface area contributed by atoms with Crippen molar-refractivity contribution in [2.75, 3.05) is 29.9 Å². The normalized spacial score (nSPS) is 16.0. The van der Waals surface area contributed by atoms with E-state index in [2.05, 4.69) is 34.0 Å². The van der Waals surface area contributed by atoms with Crippen molar-refractivity contribution in [1.29, 1.82) is 0 Å². The van der Waals surface area contributed by atoms with Crippen molar-refractivity contribution in [3.05, 3.63) is 11.4 Å². The third-order valence-corrected chi connectivity index (χ3v) is 3.98. The molecular formula is C15H25N5O. The smallest absolute Gasteiger partial charge is 0.217 e. The monoisotopic (exact) mass is 291 g/mol. The Morgan fingerprint density at radius 2 is 2.00 bits per heavy atom. The van der Waals surface area contributed by atoms with Crippen LogP contribution >= 0.6 is 0 Å². The molecule has 2 heterocycles. The number of primary amides is 1. The number of rotatable bonds is 5. The molecule has 0 atom stereocenters. The topological polar surface area (TPSA) is 84.1 Å². The van der Waals surface area contributed by atoms with E-state index in [1.165, 1.54) is 0 Å². The van der Waals surface area contributed by atoms with E-state index in [0.717, 1.165) is 55.5 Å². The quantitative estimate of drug-likeness (QED) is 0.861. The summed E-state index contributed by atoms with van der Waals surface area (Å²) in [7, 11) is 0. The summed E-state index contributed by atoms with van der Waals surface area (Å²) in [4.78, 5) is 22.4. The Morgan fingerprint density at radius 3 is 2.57 bits per heavy atom. The van der Waals surface area contributed by atoms with Crippen molar-refractivity contribution in [2.45, 2.75) is 40.0 Å². The van der Waals surface area contributed by atoms with Gasteiger partial charge in [-0.15, -0.1) is 0 Å². The highest BCUT2D eigenvalue weighted by Crippen LogP contribution is 2.28. The second-order valence-electron chi connectivity index (χ2n) is 5.70. The van der Waals surface area contributed by atoms with Crippen molar-refractivity contribution in [2.24, 2.45) is 11.7 Å². The fourth-order valence-corrected chi connectivity index (χ4v) is 2.89. The fraction of sp³-hybridized carbons (Fsp3) is 0.667. The van der Waals surface area contributed by atoms with Gasteiger partial charge in [0.25, 0.3) is 0 Å². The van der Waals surface area contributed by atoms with Crippen LogP contribution in [-0.2, 0) is 4.79 Å². The molecule has 0 saturated carbocycles. The van der Waals surface area contributed by atoms with E-state index in [-0.39, 0.29) is 5.91 Å². The molecule has 6 nitrogen and oxygen atoms in total. The number of hydrogen-bond acceptors (Lipinski definition) is 5. The number of amides is 1. The molecule has 116 valence electrons. The van der Waals surface area contributed by atoms with Gasteiger partial charge in [0.15, 0.2) is 0 Å². The molecule has 1 fully saturated rings. The van der Waals surface area contributed by atoms with Gasteiger partial charge in [-0.25, -0.2) is 9.97 Å². The van der Waals surface area contributed by atoms with Gasteiger partial charge < -0.3 is 16.0 Å². The van der Waals surface area contributed by atoms with Crippen LogP contribution in [0.5, 0.6) is 0 Å². The minimum atomic E-state index is -0.197. The van der Waals surface area contributed by atoms with Crippen molar-refractivity contribution >= 4 is 17.5 Å². The summed E-state index contributed by atoms with van der Waals surface area (Å²) in [6.07, 6.45) is 2.47. The lowest BCUT2D eigenvalue weighted by Gasteiger charge is -2.33. The van der Waals surface area contributed by atoms with Crippen LogP contribution in [0.1, 0.15) is 37.6 Å². The third-order valence-electron chi connectivity index (χ3n) is 3.98. The average Bonchev–Trinajstić information content (AvgIpc) is 2.43. The first-order valence-electron chi connectivity index (χ1n) is 7.63. The lowest BCUT2D eigenvalue weighted by molar-refractivity contribution is -0.119. The highest BCUT2D eigenvalue weighted by Gasteiger charge is 2.23. The first kappa shape index (κ1) is 15.5. The summed E-state index contributed by atoms with van der Waals surface area (Å²) in [5.41, 5.74) is 6.38. The van der Waals surface area contributed by atoms with Crippen LogP contribution in [0.2, 0.25) is 0 Å². The molecule has 2 rings (SSSR count). The lowest BCUT2D eigenvalue weighted by Crippen LogP contribution is -2.36. The van der Waals surface area contributed by atoms with E-state index in [1.54, 1.807) is 0 Å². The van der Waals surface area contributed by atoms with E-state index in [9.17, 15) is 4.79 Å². The van der Waals surface area contributed by atoms with Crippen molar-refractivity contribution < 1.29 is 4.79 Å². The Hall–Kier alpha value is -1.85. The number of nitrogens with one attached hydrogen (secondary N) is 1. The van der Waals surface area contributed by atoms with Crippen LogP contribution < -0.4 is 16.0 Å². The summed E-state index contributed by atoms with van der Waals surface area (Å²) in [5, 5.41) is 3.29. The standard InChI is InChI=1S/C15H25N5O/c1-4-17-14-10(2)15(19-11(3)18-14)20-7-5-12(6-8-20)9-13(16)21/h12H,4-9H2,1-3H3,(H2,16,21)(H,17,18,19). The molecule has 0 unspecified atom stereocenters. The number of carbonyl (C=O) groups is 1. The fourth-order valence-electron chi connectivity index (χ4n) is 2.89. The highest BCUT2D eigenvalue weighted by molar-refractivity contribution is 5.74. The van der Waals surface area contributed by atoms with Crippen LogP contribution in [0.25, 0.3) is 0 Å². The molecule has 0 radical (unpaired) electrons. The molecule has 1 aliphatic rings. The summed E-state index contributed by atoms with van der Waals surface area (Å²) >= 11 is 0. The third kappa shape index (κ3) is 3.83. The second-order valence-corrected chi connectivity index (χ2v) is 5.70. The molecule has 0 aliphatic carbocycles. The van der Waals surface area contributed by atoms with Crippen LogP contribution in [0.4, 0.5) is 11.6 Å². The largest absolute Gasteiger partial charge is 0.370 e. The number of aryl methyl sites for hydroxylation is 1. The van der Waals surface area contributed by atoms with Crippen LogP contribution in [0.15, 0.2) is 0 Å². The highest BCUT2D eigenvalue weighted by atomic mass is 16.1. The lowest BCUT2D eigenvalue weighted by atomic mass is 9.93. The number of nitrogens with two attached hydrogens (primary N) is 1. The Morgan fingerprint density at radius 1 is 1.33 bits per heavy atom. The van der Waals surface area contributed by atoms with Crippen LogP contribution in [0, 0.1) is 19.8 Å². The maximum absolute atomic E-state index is 11.0. The maximum Gasteiger partial charge on any atom is 0.217 e. The van der Waals surface area contributed by atoms with Crippen molar-refractivity contribution in [1.82, 2.24) is 9.97 Å². The SMILES string of the molecule is CCNc1nc(C)nc(N2CCC(CC(N)=O)CC2)c1C. The van der Waals surface area contributed by atoms with Gasteiger partial charge in [0, 0.05) is 31.6 Å². The zero-order chi connectivity index (χ0) is 15.4. The summed E-state index contributed by atoms with van der Waals surface area (Å²) in [5.74, 6) is 2.92. The van der Waals surface area contributed by atoms with Gasteiger partial charge in [0.2, 0.25) is 5.91 Å². The molecular weight excluding hydrogens is 266 g/mol. The minimum Gasteiger partial charge on any atom is -0.370 e. The summed E-state index contributed by atoms with van der Waals surface area (Å²) in [6.45, 7) is 8.72. The number of carbonyl (C=O) groups excluding carboxylic acids is 1. The van der Waals surface area contributed by atoms with E-state index in [0.29, 0.717) is 12.3 Å². The number of piperidine rings is 1. The molecule has 1 saturated heterocycles. The number of hydrogen-bond donors (Lipinski definition) is 2. The average molecular weight is 291 g/mol. The van der Waals surface area contributed by atoms with E-state index >= 15 is 0 Å². The van der Waals surface area contributed by atoms with Gasteiger partial charge in [0.1, 0.15) is 17.5 Å². The van der Waals surface area contributed by atoms with E-state index < -0.39 is 0 Å². The van der Waals surface area contributed by atoms with Gasteiger partial charge >= 0.3 is 0 Å². The van der Waals surface area contributed by atoms with Crippen molar-refractivity contribution in [3.63, 3.8) is 0 Å². The second kappa shape index (κ2) is 6.74. The molecule has 21 heavy (non-hydrogen) atoms. The molecule has 1 aromatic rings. The predicted octanol–water partition coefficient (Wildman–Crippen LogP) is 1.62. The molecule has 1 aromatic heterocycles. The Balaban J connectivity index is 2.11. The van der Waals surface area contributed by atoms with Gasteiger partial charge in [0.05, 0.1) is 0 Å². The maximum atomic E-state index is 11.0. The van der Waals surface area contributed by atoms with Crippen LogP contribution in [-0.4, -0.2) is 35.5 Å². The molecule has 0 aromatic carbocycles. The van der Waals surface area contributed by atoms with Crippen molar-refractivity contribution in [3.8, 4) is 0 Å². The molecule has 1 amide bonds. The van der Waals surface area contributed by atoms with Gasteiger partial charge in [-0.2, -0.15) is 0 Å². The Labute approximate surface area is 126 Å². The van der Waals surface area contributed by atoms with Crippen LogP contribution in [0.3, 0.4) is 0 Å². The number of anilines is 2. The van der Waals surface area contributed by atoms with Gasteiger partial charge in [-0.3, -0.25) is 4.79 Å². The zero-order valence-corrected chi connectivity index (χ0v) is 13.1.